The minimum atomic E-state index is -0.388. The predicted octanol–water partition coefficient (Wildman–Crippen LogP) is 4.03. The zero-order valence-electron chi connectivity index (χ0n) is 11.2. The minimum Gasteiger partial charge on any atom is -0.465 e. The van der Waals surface area contributed by atoms with Crippen molar-refractivity contribution in [3.63, 3.8) is 0 Å². The summed E-state index contributed by atoms with van der Waals surface area (Å²) >= 11 is 1.68. The van der Waals surface area contributed by atoms with Crippen molar-refractivity contribution in [1.29, 1.82) is 0 Å². The van der Waals surface area contributed by atoms with E-state index in [1.54, 1.807) is 11.8 Å². The number of carbonyl (C=O) groups excluding carboxylic acids is 1. The van der Waals surface area contributed by atoms with Crippen LogP contribution in [0.5, 0.6) is 0 Å². The van der Waals surface area contributed by atoms with Gasteiger partial charge in [-0.25, -0.2) is 0 Å². The summed E-state index contributed by atoms with van der Waals surface area (Å²) in [6.07, 6.45) is 5.69. The predicted molar refractivity (Wildman–Crippen MR) is 71.9 cm³/mol. The fourth-order valence-electron chi connectivity index (χ4n) is 1.28. The van der Waals surface area contributed by atoms with Crippen LogP contribution in [0.4, 0.5) is 0 Å². The molecule has 0 unspecified atom stereocenters. The van der Waals surface area contributed by atoms with Gasteiger partial charge < -0.3 is 4.74 Å². The summed E-state index contributed by atoms with van der Waals surface area (Å²) in [4.78, 5) is 11.8. The van der Waals surface area contributed by atoms with Crippen molar-refractivity contribution in [3.8, 4) is 0 Å². The molecule has 0 radical (unpaired) electrons. The number of rotatable bonds is 9. The van der Waals surface area contributed by atoms with Crippen LogP contribution in [-0.2, 0) is 9.53 Å². The summed E-state index contributed by atoms with van der Waals surface area (Å²) in [5.41, 5.74) is 0. The van der Waals surface area contributed by atoms with Crippen molar-refractivity contribution < 1.29 is 9.53 Å². The number of esters is 1. The highest BCUT2D eigenvalue weighted by atomic mass is 32.2. The van der Waals surface area contributed by atoms with E-state index in [0.717, 1.165) is 25.0 Å². The lowest BCUT2D eigenvalue weighted by atomic mass is 10.2. The van der Waals surface area contributed by atoms with Gasteiger partial charge in [0.2, 0.25) is 0 Å². The van der Waals surface area contributed by atoms with Gasteiger partial charge in [0, 0.05) is 0 Å². The molecule has 0 aromatic heterocycles. The molecule has 0 aromatic rings. The molecule has 0 aromatic carbocycles. The van der Waals surface area contributed by atoms with Crippen molar-refractivity contribution in [2.75, 3.05) is 12.4 Å². The van der Waals surface area contributed by atoms with Crippen LogP contribution in [-0.4, -0.2) is 23.1 Å². The van der Waals surface area contributed by atoms with Gasteiger partial charge in [0.25, 0.3) is 0 Å². The standard InChI is InChI=1S/C13H26O2S/c1-5-7-8-9-10-15-12(14)13(3,4)16-11-6-2/h5-11H2,1-4H3. The van der Waals surface area contributed by atoms with E-state index in [2.05, 4.69) is 13.8 Å². The van der Waals surface area contributed by atoms with Crippen LogP contribution in [0.15, 0.2) is 0 Å². The van der Waals surface area contributed by atoms with Crippen molar-refractivity contribution >= 4 is 17.7 Å². The first-order valence-corrected chi connectivity index (χ1v) is 7.34. The van der Waals surface area contributed by atoms with Crippen LogP contribution >= 0.6 is 11.8 Å². The minimum absolute atomic E-state index is 0.0672. The third-order valence-corrected chi connectivity index (χ3v) is 3.89. The number of thioether (sulfide) groups is 1. The van der Waals surface area contributed by atoms with Crippen molar-refractivity contribution in [3.05, 3.63) is 0 Å². The van der Waals surface area contributed by atoms with Crippen LogP contribution < -0.4 is 0 Å². The maximum atomic E-state index is 11.8. The van der Waals surface area contributed by atoms with Gasteiger partial charge in [0.1, 0.15) is 4.75 Å². The Morgan fingerprint density at radius 1 is 1.12 bits per heavy atom. The Morgan fingerprint density at radius 2 is 1.81 bits per heavy atom. The second-order valence-electron chi connectivity index (χ2n) is 4.56. The number of carbonyl (C=O) groups is 1. The third kappa shape index (κ3) is 7.15. The fourth-order valence-corrected chi connectivity index (χ4v) is 2.17. The Kier molecular flexibility index (Phi) is 8.81. The average molecular weight is 246 g/mol. The molecule has 0 aliphatic heterocycles. The number of ether oxygens (including phenoxy) is 1. The zero-order chi connectivity index (χ0) is 12.4. The molecule has 0 aliphatic carbocycles. The lowest BCUT2D eigenvalue weighted by molar-refractivity contribution is -0.145. The molecule has 16 heavy (non-hydrogen) atoms. The first kappa shape index (κ1) is 15.8. The molecule has 0 saturated heterocycles. The molecule has 0 heterocycles. The molecular formula is C13H26O2S. The lowest BCUT2D eigenvalue weighted by Crippen LogP contribution is -2.30. The van der Waals surface area contributed by atoms with Crippen LogP contribution in [0.25, 0.3) is 0 Å². The Balaban J connectivity index is 3.69. The molecule has 0 rings (SSSR count). The average Bonchev–Trinajstić information content (AvgIpc) is 2.26. The van der Waals surface area contributed by atoms with E-state index in [1.165, 1.54) is 12.8 Å². The van der Waals surface area contributed by atoms with Gasteiger partial charge in [-0.2, -0.15) is 0 Å². The molecule has 0 spiro atoms. The smallest absolute Gasteiger partial charge is 0.321 e. The third-order valence-electron chi connectivity index (χ3n) is 2.39. The molecule has 0 aliphatic rings. The van der Waals surface area contributed by atoms with Crippen LogP contribution in [0.3, 0.4) is 0 Å². The molecule has 0 bridgehead atoms. The monoisotopic (exact) mass is 246 g/mol. The van der Waals surface area contributed by atoms with Gasteiger partial charge in [-0.05, 0) is 32.4 Å². The molecule has 2 nitrogen and oxygen atoms in total. The Morgan fingerprint density at radius 3 is 2.38 bits per heavy atom. The first-order valence-electron chi connectivity index (χ1n) is 6.35. The van der Waals surface area contributed by atoms with E-state index in [9.17, 15) is 4.79 Å². The van der Waals surface area contributed by atoms with Crippen molar-refractivity contribution in [2.24, 2.45) is 0 Å². The quantitative estimate of drug-likeness (QED) is 0.454. The zero-order valence-corrected chi connectivity index (χ0v) is 12.0. The SMILES string of the molecule is CCCCCCOC(=O)C(C)(C)SCCC. The largest absolute Gasteiger partial charge is 0.465 e. The van der Waals surface area contributed by atoms with Crippen molar-refractivity contribution in [2.45, 2.75) is 64.5 Å². The van der Waals surface area contributed by atoms with Gasteiger partial charge in [-0.3, -0.25) is 4.79 Å². The van der Waals surface area contributed by atoms with Gasteiger partial charge in [-0.1, -0.05) is 33.1 Å². The van der Waals surface area contributed by atoms with Crippen molar-refractivity contribution in [1.82, 2.24) is 0 Å². The Labute approximate surface area is 105 Å². The van der Waals surface area contributed by atoms with Crippen LogP contribution in [0.1, 0.15) is 59.8 Å². The summed E-state index contributed by atoms with van der Waals surface area (Å²) in [7, 11) is 0. The highest BCUT2D eigenvalue weighted by Crippen LogP contribution is 2.26. The van der Waals surface area contributed by atoms with E-state index in [4.69, 9.17) is 4.74 Å². The van der Waals surface area contributed by atoms with Crippen LogP contribution in [0, 0.1) is 0 Å². The molecule has 0 fully saturated rings. The maximum absolute atomic E-state index is 11.8. The Hall–Kier alpha value is -0.180. The highest BCUT2D eigenvalue weighted by molar-refractivity contribution is 8.01. The van der Waals surface area contributed by atoms with Gasteiger partial charge >= 0.3 is 5.97 Å². The topological polar surface area (TPSA) is 26.3 Å². The van der Waals surface area contributed by atoms with Gasteiger partial charge in [-0.15, -0.1) is 11.8 Å². The summed E-state index contributed by atoms with van der Waals surface area (Å²) < 4.78 is 4.90. The lowest BCUT2D eigenvalue weighted by Gasteiger charge is -2.21. The van der Waals surface area contributed by atoms with E-state index < -0.39 is 0 Å². The van der Waals surface area contributed by atoms with E-state index >= 15 is 0 Å². The summed E-state index contributed by atoms with van der Waals surface area (Å²) in [6, 6.07) is 0. The van der Waals surface area contributed by atoms with Gasteiger partial charge in [0.15, 0.2) is 0 Å². The van der Waals surface area contributed by atoms with E-state index in [1.807, 2.05) is 13.8 Å². The molecule has 0 atom stereocenters. The fraction of sp³-hybridized carbons (Fsp3) is 0.923. The molecule has 3 heteroatoms. The van der Waals surface area contributed by atoms with E-state index in [0.29, 0.717) is 6.61 Å². The highest BCUT2D eigenvalue weighted by Gasteiger charge is 2.29. The molecule has 96 valence electrons. The van der Waals surface area contributed by atoms with Crippen LogP contribution in [0.2, 0.25) is 0 Å². The normalized spacial score (nSPS) is 11.5. The number of unbranched alkanes of at least 4 members (excludes halogenated alkanes) is 3. The summed E-state index contributed by atoms with van der Waals surface area (Å²) in [6.45, 7) is 8.77. The second-order valence-corrected chi connectivity index (χ2v) is 6.27. The number of hydrogen-bond acceptors (Lipinski definition) is 3. The first-order chi connectivity index (χ1) is 7.54. The second kappa shape index (κ2) is 8.91. The van der Waals surface area contributed by atoms with E-state index in [-0.39, 0.29) is 10.7 Å². The summed E-state index contributed by atoms with van der Waals surface area (Å²) in [5, 5.41) is 0. The molecule has 0 N–H and O–H groups in total. The van der Waals surface area contributed by atoms with Gasteiger partial charge in [0.05, 0.1) is 6.61 Å². The number of hydrogen-bond donors (Lipinski definition) is 0. The molecule has 0 amide bonds. The maximum Gasteiger partial charge on any atom is 0.321 e. The Bertz CT molecular complexity index is 190. The summed E-state index contributed by atoms with van der Waals surface area (Å²) in [5.74, 6) is 0.945. The molecular weight excluding hydrogens is 220 g/mol. The molecule has 0 saturated carbocycles.